The number of imidazole rings is 1. The van der Waals surface area contributed by atoms with Crippen LogP contribution in [-0.4, -0.2) is 9.55 Å². The lowest BCUT2D eigenvalue weighted by Gasteiger charge is -2.07. The average Bonchev–Trinajstić information content (AvgIpc) is 2.77. The van der Waals surface area contributed by atoms with Crippen LogP contribution in [0, 0.1) is 13.8 Å². The highest BCUT2D eigenvalue weighted by Crippen LogP contribution is 2.23. The number of hydrogen-bond donors (Lipinski definition) is 0. The number of nitrogens with zero attached hydrogens (tertiary/aromatic N) is 2. The highest BCUT2D eigenvalue weighted by molar-refractivity contribution is 7.98. The van der Waals surface area contributed by atoms with E-state index in [4.69, 9.17) is 0 Å². The van der Waals surface area contributed by atoms with Crippen molar-refractivity contribution in [3.8, 4) is 0 Å². The molecule has 0 atom stereocenters. The first-order valence-corrected chi connectivity index (χ1v) is 6.89. The monoisotopic (exact) mass is 246 g/mol. The van der Waals surface area contributed by atoms with Gasteiger partial charge in [0.2, 0.25) is 0 Å². The predicted molar refractivity (Wildman–Crippen MR) is 73.4 cm³/mol. The summed E-state index contributed by atoms with van der Waals surface area (Å²) < 4.78 is 2.18. The van der Waals surface area contributed by atoms with Crippen LogP contribution in [0.3, 0.4) is 0 Å². The summed E-state index contributed by atoms with van der Waals surface area (Å²) in [6, 6.07) is 6.62. The molecule has 0 N–H and O–H groups in total. The maximum atomic E-state index is 4.38. The normalized spacial score (nSPS) is 10.8. The molecule has 0 radical (unpaired) electrons. The standard InChI is InChI=1S/C14H18N2S/c1-4-16-8-7-15-14(16)17-10-13-9-11(2)5-6-12(13)3/h5-9H,4,10H2,1-3H3. The molecule has 17 heavy (non-hydrogen) atoms. The van der Waals surface area contributed by atoms with Gasteiger partial charge in [0.05, 0.1) is 0 Å². The second-order valence-electron chi connectivity index (χ2n) is 4.21. The molecule has 2 rings (SSSR count). The van der Waals surface area contributed by atoms with E-state index in [1.54, 1.807) is 11.8 Å². The summed E-state index contributed by atoms with van der Waals surface area (Å²) in [6.45, 7) is 7.43. The number of hydrogen-bond acceptors (Lipinski definition) is 2. The minimum absolute atomic E-state index is 0.981. The molecule has 2 nitrogen and oxygen atoms in total. The van der Waals surface area contributed by atoms with Gasteiger partial charge in [-0.15, -0.1) is 0 Å². The Hall–Kier alpha value is -1.22. The van der Waals surface area contributed by atoms with Crippen molar-refractivity contribution in [2.45, 2.75) is 38.2 Å². The molecule has 0 amide bonds. The maximum absolute atomic E-state index is 4.38. The van der Waals surface area contributed by atoms with Crippen molar-refractivity contribution >= 4 is 11.8 Å². The van der Waals surface area contributed by atoms with Gasteiger partial charge in [-0.3, -0.25) is 0 Å². The number of rotatable bonds is 4. The Morgan fingerprint density at radius 3 is 2.88 bits per heavy atom. The molecule has 1 heterocycles. The zero-order valence-electron chi connectivity index (χ0n) is 10.6. The smallest absolute Gasteiger partial charge is 0.168 e. The first kappa shape index (κ1) is 12.2. The fraction of sp³-hybridized carbons (Fsp3) is 0.357. The topological polar surface area (TPSA) is 17.8 Å². The van der Waals surface area contributed by atoms with Crippen molar-refractivity contribution in [3.63, 3.8) is 0 Å². The fourth-order valence-electron chi connectivity index (χ4n) is 1.77. The molecule has 0 saturated heterocycles. The number of thioether (sulfide) groups is 1. The lowest BCUT2D eigenvalue weighted by Crippen LogP contribution is -1.95. The lowest BCUT2D eigenvalue weighted by atomic mass is 10.1. The zero-order valence-corrected chi connectivity index (χ0v) is 11.4. The first-order valence-electron chi connectivity index (χ1n) is 5.90. The quantitative estimate of drug-likeness (QED) is 0.763. The number of aryl methyl sites for hydroxylation is 3. The van der Waals surface area contributed by atoms with Gasteiger partial charge in [-0.05, 0) is 31.9 Å². The van der Waals surface area contributed by atoms with E-state index in [0.29, 0.717) is 0 Å². The van der Waals surface area contributed by atoms with Crippen LogP contribution >= 0.6 is 11.8 Å². The van der Waals surface area contributed by atoms with E-state index in [1.807, 2.05) is 12.4 Å². The summed E-state index contributed by atoms with van der Waals surface area (Å²) in [7, 11) is 0. The third-order valence-corrected chi connectivity index (χ3v) is 3.93. The Balaban J connectivity index is 2.09. The molecule has 90 valence electrons. The maximum Gasteiger partial charge on any atom is 0.168 e. The molecule has 3 heteroatoms. The van der Waals surface area contributed by atoms with Crippen LogP contribution in [0.2, 0.25) is 0 Å². The molecular weight excluding hydrogens is 228 g/mol. The fourth-order valence-corrected chi connectivity index (χ4v) is 2.86. The van der Waals surface area contributed by atoms with Crippen LogP contribution in [0.25, 0.3) is 0 Å². The minimum Gasteiger partial charge on any atom is -0.326 e. The van der Waals surface area contributed by atoms with E-state index in [2.05, 4.69) is 48.5 Å². The summed E-state index contributed by atoms with van der Waals surface area (Å²) in [6.07, 6.45) is 3.90. The lowest BCUT2D eigenvalue weighted by molar-refractivity contribution is 0.681. The van der Waals surface area contributed by atoms with Gasteiger partial charge in [0.1, 0.15) is 0 Å². The molecule has 0 spiro atoms. The van der Waals surface area contributed by atoms with Gasteiger partial charge >= 0.3 is 0 Å². The Morgan fingerprint density at radius 2 is 2.12 bits per heavy atom. The minimum atomic E-state index is 0.981. The van der Waals surface area contributed by atoms with E-state index >= 15 is 0 Å². The molecule has 2 aromatic rings. The summed E-state index contributed by atoms with van der Waals surface area (Å²) in [4.78, 5) is 4.38. The van der Waals surface area contributed by atoms with E-state index in [9.17, 15) is 0 Å². The zero-order chi connectivity index (χ0) is 12.3. The van der Waals surface area contributed by atoms with Crippen LogP contribution in [0.4, 0.5) is 0 Å². The molecule has 0 aliphatic carbocycles. The van der Waals surface area contributed by atoms with Crippen LogP contribution in [0.15, 0.2) is 35.7 Å². The summed E-state index contributed by atoms with van der Waals surface area (Å²) in [5, 5.41) is 1.11. The largest absolute Gasteiger partial charge is 0.326 e. The molecule has 0 fully saturated rings. The van der Waals surface area contributed by atoms with Crippen molar-refractivity contribution in [2.24, 2.45) is 0 Å². The molecular formula is C14H18N2S. The molecule has 0 bridgehead atoms. The Labute approximate surface area is 107 Å². The van der Waals surface area contributed by atoms with E-state index in [-0.39, 0.29) is 0 Å². The van der Waals surface area contributed by atoms with Gasteiger partial charge in [-0.25, -0.2) is 4.98 Å². The average molecular weight is 246 g/mol. The second-order valence-corrected chi connectivity index (χ2v) is 5.16. The van der Waals surface area contributed by atoms with E-state index < -0.39 is 0 Å². The summed E-state index contributed by atoms with van der Waals surface area (Å²) in [5.74, 6) is 0.991. The second kappa shape index (κ2) is 5.41. The summed E-state index contributed by atoms with van der Waals surface area (Å²) in [5.41, 5.74) is 4.09. The molecule has 0 aliphatic rings. The van der Waals surface area contributed by atoms with Crippen molar-refractivity contribution in [1.82, 2.24) is 9.55 Å². The third-order valence-electron chi connectivity index (χ3n) is 2.88. The van der Waals surface area contributed by atoms with Gasteiger partial charge in [0.25, 0.3) is 0 Å². The van der Waals surface area contributed by atoms with Gasteiger partial charge in [-0.1, -0.05) is 35.5 Å². The highest BCUT2D eigenvalue weighted by atomic mass is 32.2. The van der Waals surface area contributed by atoms with Crippen LogP contribution < -0.4 is 0 Å². The van der Waals surface area contributed by atoms with Crippen LogP contribution in [0.1, 0.15) is 23.6 Å². The first-order chi connectivity index (χ1) is 8.20. The third kappa shape index (κ3) is 2.91. The van der Waals surface area contributed by atoms with Gasteiger partial charge in [0.15, 0.2) is 5.16 Å². The van der Waals surface area contributed by atoms with Crippen molar-refractivity contribution < 1.29 is 0 Å². The summed E-state index contributed by atoms with van der Waals surface area (Å²) >= 11 is 1.81. The Bertz CT molecular complexity index is 503. The van der Waals surface area contributed by atoms with Gasteiger partial charge < -0.3 is 4.57 Å². The van der Waals surface area contributed by atoms with Crippen LogP contribution in [0.5, 0.6) is 0 Å². The number of aromatic nitrogens is 2. The molecule has 0 saturated carbocycles. The van der Waals surface area contributed by atoms with Gasteiger partial charge in [0, 0.05) is 24.7 Å². The van der Waals surface area contributed by atoms with E-state index in [0.717, 1.165) is 17.5 Å². The molecule has 0 aliphatic heterocycles. The molecule has 1 aromatic heterocycles. The van der Waals surface area contributed by atoms with Crippen molar-refractivity contribution in [3.05, 3.63) is 47.3 Å². The molecule has 1 aromatic carbocycles. The van der Waals surface area contributed by atoms with Crippen LogP contribution in [-0.2, 0) is 12.3 Å². The van der Waals surface area contributed by atoms with Gasteiger partial charge in [-0.2, -0.15) is 0 Å². The Morgan fingerprint density at radius 1 is 1.29 bits per heavy atom. The van der Waals surface area contributed by atoms with Crippen molar-refractivity contribution in [1.29, 1.82) is 0 Å². The molecule has 0 unspecified atom stereocenters. The Kier molecular flexibility index (Phi) is 3.89. The SMILES string of the molecule is CCn1ccnc1SCc1cc(C)ccc1C. The highest BCUT2D eigenvalue weighted by Gasteiger charge is 2.04. The number of benzene rings is 1. The van der Waals surface area contributed by atoms with Crippen molar-refractivity contribution in [2.75, 3.05) is 0 Å². The van der Waals surface area contributed by atoms with E-state index in [1.165, 1.54) is 16.7 Å². The predicted octanol–water partition coefficient (Wildman–Crippen LogP) is 3.81.